The lowest BCUT2D eigenvalue weighted by Gasteiger charge is -2.65. The topological polar surface area (TPSA) is 95.5 Å². The number of hydrogen-bond acceptors (Lipinski definition) is 5. The summed E-state index contributed by atoms with van der Waals surface area (Å²) < 4.78 is 0. The van der Waals surface area contributed by atoms with Crippen LogP contribution >= 0.6 is 0 Å². The van der Waals surface area contributed by atoms with Crippen LogP contribution in [0, 0.1) is 75.4 Å². The van der Waals surface area contributed by atoms with E-state index in [-0.39, 0.29) is 34.1 Å². The monoisotopic (exact) mass is 665 g/mol. The lowest BCUT2D eigenvalue weighted by molar-refractivity contribution is -0.162. The smallest absolute Gasteiger partial charge is 0.306 e. The molecule has 0 aliphatic heterocycles. The SMILES string of the molecule is CNC(C)(C)CNCCC12CCC3C(CCC4C3CCC3C(C)(C)C(CC(=O)C5CC(C(=O)O)C5C)CCC43C)C1=C(C(C)C)C(=O)C2. The van der Waals surface area contributed by atoms with Gasteiger partial charge in [0, 0.05) is 36.3 Å². The fourth-order valence-corrected chi connectivity index (χ4v) is 13.4. The third-order valence-corrected chi connectivity index (χ3v) is 16.3. The van der Waals surface area contributed by atoms with Crippen molar-refractivity contribution in [3.8, 4) is 0 Å². The highest BCUT2D eigenvalue weighted by Gasteiger charge is 2.62. The Hall–Kier alpha value is -1.53. The third kappa shape index (κ3) is 5.89. The van der Waals surface area contributed by atoms with Crippen LogP contribution in [0.15, 0.2) is 11.1 Å². The molecule has 0 aromatic rings. The lowest BCUT2D eigenvalue weighted by atomic mass is 9.39. The first-order valence-corrected chi connectivity index (χ1v) is 19.9. The zero-order valence-electron chi connectivity index (χ0n) is 31.8. The van der Waals surface area contributed by atoms with Gasteiger partial charge >= 0.3 is 5.97 Å². The van der Waals surface area contributed by atoms with E-state index in [0.717, 1.165) is 44.2 Å². The number of carboxylic acid groups (broad SMARTS) is 1. The molecule has 6 aliphatic rings. The van der Waals surface area contributed by atoms with Crippen molar-refractivity contribution in [3.05, 3.63) is 11.1 Å². The number of carbonyl (C=O) groups excluding carboxylic acids is 2. The molecule has 6 nitrogen and oxygen atoms in total. The van der Waals surface area contributed by atoms with Gasteiger partial charge in [-0.2, -0.15) is 0 Å². The second-order valence-electron chi connectivity index (χ2n) is 19.6. The van der Waals surface area contributed by atoms with E-state index in [1.54, 1.807) is 5.57 Å². The summed E-state index contributed by atoms with van der Waals surface area (Å²) in [5.74, 6) is 3.62. The number of aliphatic carboxylic acids is 1. The van der Waals surface area contributed by atoms with Crippen molar-refractivity contribution in [3.63, 3.8) is 0 Å². The second kappa shape index (κ2) is 12.9. The van der Waals surface area contributed by atoms with Gasteiger partial charge in [0.05, 0.1) is 5.92 Å². The van der Waals surface area contributed by atoms with Crippen molar-refractivity contribution in [2.75, 3.05) is 20.1 Å². The molecule has 6 aliphatic carbocycles. The number of carboxylic acids is 1. The zero-order chi connectivity index (χ0) is 35.0. The predicted molar refractivity (Wildman–Crippen MR) is 192 cm³/mol. The molecule has 0 heterocycles. The molecule has 6 heteroatoms. The van der Waals surface area contributed by atoms with Gasteiger partial charge in [0.25, 0.3) is 0 Å². The largest absolute Gasteiger partial charge is 0.481 e. The van der Waals surface area contributed by atoms with Gasteiger partial charge in [-0.3, -0.25) is 14.4 Å². The Kier molecular flexibility index (Phi) is 9.75. The van der Waals surface area contributed by atoms with Crippen LogP contribution in [0.4, 0.5) is 0 Å². The van der Waals surface area contributed by atoms with Gasteiger partial charge in [0.15, 0.2) is 5.78 Å². The molecule has 0 aromatic carbocycles. The van der Waals surface area contributed by atoms with Crippen molar-refractivity contribution >= 4 is 17.5 Å². The summed E-state index contributed by atoms with van der Waals surface area (Å²) in [6, 6.07) is 0. The molecule has 5 fully saturated rings. The van der Waals surface area contributed by atoms with E-state index in [1.165, 1.54) is 50.5 Å². The van der Waals surface area contributed by atoms with Crippen molar-refractivity contribution in [1.82, 2.24) is 10.6 Å². The fraction of sp³-hybridized carbons (Fsp3) is 0.881. The number of nitrogens with one attached hydrogen (secondary N) is 2. The Labute approximate surface area is 291 Å². The van der Waals surface area contributed by atoms with E-state index in [0.29, 0.717) is 59.4 Å². The van der Waals surface area contributed by atoms with E-state index in [9.17, 15) is 19.5 Å². The van der Waals surface area contributed by atoms with Crippen molar-refractivity contribution < 1.29 is 19.5 Å². The quantitative estimate of drug-likeness (QED) is 0.193. The molecule has 0 amide bonds. The van der Waals surface area contributed by atoms with E-state index < -0.39 is 5.97 Å². The molecule has 0 saturated heterocycles. The molecule has 6 rings (SSSR count). The van der Waals surface area contributed by atoms with E-state index in [2.05, 4.69) is 59.1 Å². The molecule has 11 atom stereocenters. The number of likely N-dealkylation sites (N-methyl/N-ethyl adjacent to an activating group) is 1. The number of hydrogen-bond donors (Lipinski definition) is 3. The van der Waals surface area contributed by atoms with Crippen LogP contribution in [0.3, 0.4) is 0 Å². The minimum atomic E-state index is -0.743. The van der Waals surface area contributed by atoms with Gasteiger partial charge in [-0.05, 0) is 155 Å². The normalized spacial score (nSPS) is 42.0. The molecular weight excluding hydrogens is 596 g/mol. The number of ketones is 2. The van der Waals surface area contributed by atoms with E-state index in [1.807, 2.05) is 14.0 Å². The van der Waals surface area contributed by atoms with Crippen LogP contribution in [0.5, 0.6) is 0 Å². The Bertz CT molecular complexity index is 1310. The highest BCUT2D eigenvalue weighted by atomic mass is 16.4. The molecule has 270 valence electrons. The van der Waals surface area contributed by atoms with Crippen molar-refractivity contribution in [2.45, 2.75) is 138 Å². The van der Waals surface area contributed by atoms with Gasteiger partial charge in [-0.1, -0.05) is 47.1 Å². The van der Waals surface area contributed by atoms with Crippen LogP contribution in [0.25, 0.3) is 0 Å². The molecular formula is C42H68N2O4. The second-order valence-corrected chi connectivity index (χ2v) is 19.6. The van der Waals surface area contributed by atoms with Crippen LogP contribution < -0.4 is 10.6 Å². The lowest BCUT2D eigenvalue weighted by Crippen LogP contribution is -2.58. The molecule has 0 radical (unpaired) electrons. The maximum absolute atomic E-state index is 13.8. The van der Waals surface area contributed by atoms with E-state index >= 15 is 0 Å². The van der Waals surface area contributed by atoms with Crippen LogP contribution in [0.1, 0.15) is 132 Å². The molecule has 48 heavy (non-hydrogen) atoms. The van der Waals surface area contributed by atoms with Crippen molar-refractivity contribution in [1.29, 1.82) is 0 Å². The average molecular weight is 665 g/mol. The van der Waals surface area contributed by atoms with Crippen molar-refractivity contribution in [2.24, 2.45) is 75.4 Å². The number of fused-ring (bicyclic) bond motifs is 7. The molecule has 0 bridgehead atoms. The Morgan fingerprint density at radius 1 is 0.979 bits per heavy atom. The summed E-state index contributed by atoms with van der Waals surface area (Å²) >= 11 is 0. The van der Waals surface area contributed by atoms with Gasteiger partial charge in [-0.25, -0.2) is 0 Å². The number of carbonyl (C=O) groups is 3. The van der Waals surface area contributed by atoms with Gasteiger partial charge < -0.3 is 15.7 Å². The Morgan fingerprint density at radius 2 is 1.71 bits per heavy atom. The summed E-state index contributed by atoms with van der Waals surface area (Å²) in [7, 11) is 2.03. The number of Topliss-reactive ketones (excluding diaryl/α,β-unsaturated/α-hetero) is 2. The fourth-order valence-electron chi connectivity index (χ4n) is 13.4. The minimum Gasteiger partial charge on any atom is -0.481 e. The Balaban J connectivity index is 1.18. The first-order chi connectivity index (χ1) is 22.5. The van der Waals surface area contributed by atoms with Crippen LogP contribution in [0.2, 0.25) is 0 Å². The number of rotatable bonds is 11. The maximum Gasteiger partial charge on any atom is 0.306 e. The van der Waals surface area contributed by atoms with E-state index in [4.69, 9.17) is 0 Å². The maximum atomic E-state index is 13.8. The summed E-state index contributed by atoms with van der Waals surface area (Å²) in [6.07, 6.45) is 12.8. The average Bonchev–Trinajstić information content (AvgIpc) is 3.32. The highest BCUT2D eigenvalue weighted by Crippen LogP contribution is 2.70. The molecule has 11 unspecified atom stereocenters. The highest BCUT2D eigenvalue weighted by molar-refractivity contribution is 6.00. The predicted octanol–water partition coefficient (Wildman–Crippen LogP) is 8.10. The first kappa shape index (κ1) is 36.3. The number of allylic oxidation sites excluding steroid dienone is 2. The Morgan fingerprint density at radius 3 is 2.35 bits per heavy atom. The molecule has 5 saturated carbocycles. The standard InChI is InChI=1S/C42H68N2O4/c1-24(2)36-34(46)22-42(18-19-44-23-39(4,5)43-9)17-15-27-28-11-13-35-40(6,7)26(20-33(45)30-21-31(25(30)3)38(47)48)14-16-41(35,8)32(28)12-10-29(27)37(36)42/h24-32,35,43-44H,10-23H2,1-9H3,(H,47,48). The summed E-state index contributed by atoms with van der Waals surface area (Å²) in [6.45, 7) is 20.4. The zero-order valence-corrected chi connectivity index (χ0v) is 31.8. The minimum absolute atomic E-state index is 0.0323. The summed E-state index contributed by atoms with van der Waals surface area (Å²) in [5, 5.41) is 16.6. The summed E-state index contributed by atoms with van der Waals surface area (Å²) in [5.41, 5.74) is 3.33. The third-order valence-electron chi connectivity index (χ3n) is 16.3. The first-order valence-electron chi connectivity index (χ1n) is 19.9. The van der Waals surface area contributed by atoms with Gasteiger partial charge in [-0.15, -0.1) is 0 Å². The van der Waals surface area contributed by atoms with Gasteiger partial charge in [0.2, 0.25) is 0 Å². The van der Waals surface area contributed by atoms with Gasteiger partial charge in [0.1, 0.15) is 5.78 Å². The molecule has 3 N–H and O–H groups in total. The molecule has 0 spiro atoms. The van der Waals surface area contributed by atoms with Crippen LogP contribution in [-0.2, 0) is 14.4 Å². The molecule has 0 aromatic heterocycles. The van der Waals surface area contributed by atoms with Crippen LogP contribution in [-0.4, -0.2) is 48.3 Å². The summed E-state index contributed by atoms with van der Waals surface area (Å²) in [4.78, 5) is 38.8.